The van der Waals surface area contributed by atoms with Crippen LogP contribution in [0.4, 0.5) is 0 Å². The lowest BCUT2D eigenvalue weighted by atomic mass is 10.2. The molecule has 0 amide bonds. The van der Waals surface area contributed by atoms with Gasteiger partial charge in [-0.2, -0.15) is 0 Å². The molecular formula is C26H39N3O4Si. The molecule has 8 heteroatoms. The number of aromatic nitrogens is 3. The molecule has 0 N–H and O–H groups in total. The van der Waals surface area contributed by atoms with Crippen LogP contribution < -0.4 is 4.74 Å². The van der Waals surface area contributed by atoms with Crippen molar-refractivity contribution in [3.05, 3.63) is 48.7 Å². The third-order valence-corrected chi connectivity index (χ3v) is 11.1. The van der Waals surface area contributed by atoms with Gasteiger partial charge in [0.25, 0.3) is 0 Å². The van der Waals surface area contributed by atoms with Gasteiger partial charge in [0, 0.05) is 36.9 Å². The number of rotatable bonds is 11. The highest BCUT2D eigenvalue weighted by Crippen LogP contribution is 2.38. The van der Waals surface area contributed by atoms with Crippen molar-refractivity contribution in [3.63, 3.8) is 0 Å². The minimum Gasteiger partial charge on any atom is -0.494 e. The smallest absolute Gasteiger partial charge is 0.358 e. The fourth-order valence-corrected chi connectivity index (χ4v) is 5.02. The number of ether oxygens (including phenoxy) is 2. The maximum atomic E-state index is 12.0. The van der Waals surface area contributed by atoms with Crippen molar-refractivity contribution in [3.8, 4) is 5.75 Å². The molecule has 7 nitrogen and oxygen atoms in total. The number of hydrogen-bond acceptors (Lipinski definition) is 5. The average molecular weight is 486 g/mol. The molecular weight excluding hydrogens is 446 g/mol. The van der Waals surface area contributed by atoms with Crippen LogP contribution in [0.5, 0.6) is 5.75 Å². The van der Waals surface area contributed by atoms with Crippen LogP contribution in [-0.2, 0) is 22.8 Å². The van der Waals surface area contributed by atoms with Crippen LogP contribution in [0.3, 0.4) is 0 Å². The van der Waals surface area contributed by atoms with E-state index >= 15 is 0 Å². The molecule has 34 heavy (non-hydrogen) atoms. The quantitative estimate of drug-likeness (QED) is 0.195. The second-order valence-electron chi connectivity index (χ2n) is 10.3. The predicted octanol–water partition coefficient (Wildman–Crippen LogP) is 5.80. The number of benzene rings is 1. The van der Waals surface area contributed by atoms with Gasteiger partial charge in [-0.3, -0.25) is 0 Å². The molecule has 0 unspecified atom stereocenters. The summed E-state index contributed by atoms with van der Waals surface area (Å²) in [6.45, 7) is 14.6. The zero-order valence-corrected chi connectivity index (χ0v) is 22.6. The molecule has 0 spiro atoms. The Morgan fingerprint density at radius 1 is 1.21 bits per heavy atom. The molecule has 0 aliphatic rings. The van der Waals surface area contributed by atoms with E-state index in [1.165, 1.54) is 10.9 Å². The Hall–Kier alpha value is -2.58. The van der Waals surface area contributed by atoms with Crippen molar-refractivity contribution in [2.45, 2.75) is 71.3 Å². The summed E-state index contributed by atoms with van der Waals surface area (Å²) >= 11 is 0. The average Bonchev–Trinajstić information content (AvgIpc) is 3.37. The van der Waals surface area contributed by atoms with Crippen molar-refractivity contribution in [1.82, 2.24) is 14.1 Å². The zero-order chi connectivity index (χ0) is 24.9. The topological polar surface area (TPSA) is 67.5 Å². The van der Waals surface area contributed by atoms with Crippen LogP contribution in [0.1, 0.15) is 51.0 Å². The molecule has 186 valence electrons. The summed E-state index contributed by atoms with van der Waals surface area (Å²) in [6.07, 6.45) is 7.20. The highest BCUT2D eigenvalue weighted by atomic mass is 28.4. The van der Waals surface area contributed by atoms with Gasteiger partial charge >= 0.3 is 5.97 Å². The number of esters is 1. The van der Waals surface area contributed by atoms with Gasteiger partial charge < -0.3 is 23.0 Å². The Bertz CT molecular complexity index is 1100. The Kier molecular flexibility index (Phi) is 8.25. The van der Waals surface area contributed by atoms with Crippen LogP contribution in [0, 0.1) is 0 Å². The van der Waals surface area contributed by atoms with Gasteiger partial charge in [0.15, 0.2) is 14.0 Å². The summed E-state index contributed by atoms with van der Waals surface area (Å²) in [6, 6.07) is 8.30. The van der Waals surface area contributed by atoms with Crippen molar-refractivity contribution >= 4 is 25.2 Å². The number of fused-ring (bicyclic) bond motifs is 1. The number of hydrogen-bond donors (Lipinski definition) is 0. The zero-order valence-electron chi connectivity index (χ0n) is 21.6. The first-order chi connectivity index (χ1) is 16.0. The van der Waals surface area contributed by atoms with Crippen LogP contribution in [0.25, 0.3) is 10.9 Å². The first-order valence-electron chi connectivity index (χ1n) is 12.0. The second-order valence-corrected chi connectivity index (χ2v) is 15.1. The predicted molar refractivity (Wildman–Crippen MR) is 138 cm³/mol. The second kappa shape index (κ2) is 10.8. The summed E-state index contributed by atoms with van der Waals surface area (Å²) < 4.78 is 21.9. The highest BCUT2D eigenvalue weighted by Gasteiger charge is 2.39. The lowest BCUT2D eigenvalue weighted by Crippen LogP contribution is -2.45. The van der Waals surface area contributed by atoms with E-state index in [1.54, 1.807) is 19.4 Å². The molecule has 1 atom stereocenters. The molecule has 0 bridgehead atoms. The van der Waals surface area contributed by atoms with Crippen molar-refractivity contribution < 1.29 is 18.7 Å². The van der Waals surface area contributed by atoms with Gasteiger partial charge in [-0.15, -0.1) is 0 Å². The third kappa shape index (κ3) is 6.51. The Morgan fingerprint density at radius 2 is 1.97 bits per heavy atom. The van der Waals surface area contributed by atoms with Gasteiger partial charge in [0.1, 0.15) is 5.75 Å². The summed E-state index contributed by atoms with van der Waals surface area (Å²) in [5.41, 5.74) is 1.52. The minimum absolute atomic E-state index is 0.00495. The number of nitrogens with zero attached hydrogens (tertiary/aromatic N) is 3. The van der Waals surface area contributed by atoms with Gasteiger partial charge in [-0.1, -0.05) is 20.8 Å². The monoisotopic (exact) mass is 485 g/mol. The molecule has 2 heterocycles. The Labute approximate surface area is 204 Å². The fourth-order valence-electron chi connectivity index (χ4n) is 3.64. The van der Waals surface area contributed by atoms with E-state index in [1.807, 2.05) is 17.7 Å². The first-order valence-corrected chi connectivity index (χ1v) is 15.0. The summed E-state index contributed by atoms with van der Waals surface area (Å²) in [7, 11) is 0.0726. The SMILES string of the molecule is CCOC(=O)c1cn(C[C@H](CCCOc2ccc3c(ccn3C)c2)O[Si](C)(C)C(C)(C)C)cn1. The maximum Gasteiger partial charge on any atom is 0.358 e. The summed E-state index contributed by atoms with van der Waals surface area (Å²) in [4.78, 5) is 16.2. The van der Waals surface area contributed by atoms with Crippen molar-refractivity contribution in [2.24, 2.45) is 7.05 Å². The Balaban J connectivity index is 1.62. The van der Waals surface area contributed by atoms with Gasteiger partial charge in [-0.05, 0) is 62.2 Å². The van der Waals surface area contributed by atoms with E-state index in [4.69, 9.17) is 13.9 Å². The number of carbonyl (C=O) groups excluding carboxylic acids is 1. The molecule has 2 aromatic heterocycles. The van der Waals surface area contributed by atoms with E-state index in [2.05, 4.69) is 67.8 Å². The van der Waals surface area contributed by atoms with Crippen LogP contribution in [0.2, 0.25) is 18.1 Å². The highest BCUT2D eigenvalue weighted by molar-refractivity contribution is 6.74. The number of aryl methyl sites for hydroxylation is 1. The summed E-state index contributed by atoms with van der Waals surface area (Å²) in [5, 5.41) is 1.29. The molecule has 0 aliphatic heterocycles. The molecule has 1 aromatic carbocycles. The minimum atomic E-state index is -1.97. The molecule has 0 aliphatic carbocycles. The molecule has 3 rings (SSSR count). The lowest BCUT2D eigenvalue weighted by Gasteiger charge is -2.39. The Morgan fingerprint density at radius 3 is 2.68 bits per heavy atom. The third-order valence-electron chi connectivity index (χ3n) is 6.60. The fraction of sp³-hybridized carbons (Fsp3) is 0.538. The van der Waals surface area contributed by atoms with E-state index in [-0.39, 0.29) is 11.1 Å². The summed E-state index contributed by atoms with van der Waals surface area (Å²) in [5.74, 6) is 0.487. The van der Waals surface area contributed by atoms with Crippen molar-refractivity contribution in [1.29, 1.82) is 0 Å². The van der Waals surface area contributed by atoms with Gasteiger partial charge in [0.2, 0.25) is 0 Å². The molecule has 0 radical (unpaired) electrons. The maximum absolute atomic E-state index is 12.0. The van der Waals surface area contributed by atoms with Crippen molar-refractivity contribution in [2.75, 3.05) is 13.2 Å². The molecule has 3 aromatic rings. The van der Waals surface area contributed by atoms with E-state index < -0.39 is 14.3 Å². The van der Waals surface area contributed by atoms with Crippen LogP contribution in [0.15, 0.2) is 43.0 Å². The van der Waals surface area contributed by atoms with Gasteiger partial charge in [0.05, 0.1) is 25.6 Å². The molecule has 0 saturated carbocycles. The lowest BCUT2D eigenvalue weighted by molar-refractivity contribution is 0.0519. The first kappa shape index (κ1) is 26.0. The van der Waals surface area contributed by atoms with E-state index in [0.29, 0.717) is 25.5 Å². The van der Waals surface area contributed by atoms with Crippen LogP contribution in [-0.4, -0.2) is 47.7 Å². The normalized spacial score (nSPS) is 13.3. The number of carbonyl (C=O) groups is 1. The van der Waals surface area contributed by atoms with E-state index in [0.717, 1.165) is 18.6 Å². The molecule has 0 fully saturated rings. The van der Waals surface area contributed by atoms with Gasteiger partial charge in [-0.25, -0.2) is 9.78 Å². The van der Waals surface area contributed by atoms with Crippen LogP contribution >= 0.6 is 0 Å². The molecule has 0 saturated heterocycles. The number of imidazole rings is 1. The van der Waals surface area contributed by atoms with E-state index in [9.17, 15) is 4.79 Å². The standard InChI is InChI=1S/C26H39N3O4Si/c1-8-31-25(30)23-18-29(19-27-23)17-22(33-34(6,7)26(2,3)4)10-9-15-32-21-11-12-24-20(16-21)13-14-28(24)5/h11-14,16,18-19,22H,8-10,15,17H2,1-7H3/t22-/m0/s1. The largest absolute Gasteiger partial charge is 0.494 e.